The normalized spacial score (nSPS) is 24.3. The number of esters is 1. The molecule has 2 aliphatic rings. The largest absolute Gasteiger partial charge is 0.459 e. The highest BCUT2D eigenvalue weighted by Crippen LogP contribution is 2.39. The fraction of sp³-hybridized carbons (Fsp3) is 0.348. The molecule has 2 heterocycles. The van der Waals surface area contributed by atoms with E-state index in [9.17, 15) is 18.7 Å². The van der Waals surface area contributed by atoms with Crippen LogP contribution < -0.4 is 0 Å². The summed E-state index contributed by atoms with van der Waals surface area (Å²) in [6.07, 6.45) is 5.06. The predicted octanol–water partition coefficient (Wildman–Crippen LogP) is 4.60. The van der Waals surface area contributed by atoms with E-state index in [4.69, 9.17) is 27.9 Å². The van der Waals surface area contributed by atoms with Crippen LogP contribution in [0, 0.1) is 11.6 Å². The van der Waals surface area contributed by atoms with E-state index < -0.39 is 29.3 Å². The van der Waals surface area contributed by atoms with E-state index in [1.807, 2.05) is 0 Å². The minimum Gasteiger partial charge on any atom is -0.459 e. The van der Waals surface area contributed by atoms with E-state index in [0.717, 1.165) is 28.7 Å². The molecule has 8 heteroatoms. The smallest absolute Gasteiger partial charge is 0.347 e. The Morgan fingerprint density at radius 1 is 1.00 bits per heavy atom. The number of aliphatic hydroxyl groups is 1. The number of halogens is 4. The zero-order chi connectivity index (χ0) is 22.6. The summed E-state index contributed by atoms with van der Waals surface area (Å²) in [5.74, 6) is -2.35. The summed E-state index contributed by atoms with van der Waals surface area (Å²) >= 11 is 11.8. The molecule has 0 saturated carbocycles. The van der Waals surface area contributed by atoms with Crippen molar-refractivity contribution in [2.24, 2.45) is 0 Å². The van der Waals surface area contributed by atoms with Crippen LogP contribution in [0.3, 0.4) is 0 Å². The summed E-state index contributed by atoms with van der Waals surface area (Å²) in [4.78, 5) is 13.4. The standard InChI is InChI=1S/C23H22Cl2F2NO3/c1-28(2)15-5-6-16(28)12-17(11-15)31-22(29)23(30,13-3-7-20(26)18(24)9-13)14-4-8-21(27)19(25)10-14/h3-10,15-17,30H,11-12H2,1-2H3/q+1/t15-,16?,17?/m1/s1. The minimum absolute atomic E-state index is 0.000377. The lowest BCUT2D eigenvalue weighted by Crippen LogP contribution is -2.57. The minimum atomic E-state index is -2.34. The van der Waals surface area contributed by atoms with Crippen molar-refractivity contribution >= 4 is 29.2 Å². The van der Waals surface area contributed by atoms with Crippen LogP contribution in [0.4, 0.5) is 8.78 Å². The van der Waals surface area contributed by atoms with Crippen LogP contribution >= 0.6 is 23.2 Å². The first kappa shape index (κ1) is 22.2. The summed E-state index contributed by atoms with van der Waals surface area (Å²) in [7, 11) is 4.26. The second-order valence-electron chi connectivity index (χ2n) is 8.62. The van der Waals surface area contributed by atoms with Gasteiger partial charge in [-0.2, -0.15) is 0 Å². The molecule has 31 heavy (non-hydrogen) atoms. The first-order valence-corrected chi connectivity index (χ1v) is 10.6. The van der Waals surface area contributed by atoms with Gasteiger partial charge in [-0.3, -0.25) is 0 Å². The maximum Gasteiger partial charge on any atom is 0.347 e. The highest BCUT2D eigenvalue weighted by atomic mass is 35.5. The van der Waals surface area contributed by atoms with Crippen LogP contribution in [0.25, 0.3) is 0 Å². The maximum absolute atomic E-state index is 13.7. The second kappa shape index (κ2) is 7.85. The second-order valence-corrected chi connectivity index (χ2v) is 9.43. The van der Waals surface area contributed by atoms with Crippen LogP contribution in [0.1, 0.15) is 24.0 Å². The number of hydrogen-bond acceptors (Lipinski definition) is 3. The van der Waals surface area contributed by atoms with Crippen LogP contribution in [-0.4, -0.2) is 47.8 Å². The molecule has 3 atom stereocenters. The van der Waals surface area contributed by atoms with Crippen LogP contribution in [0.5, 0.6) is 0 Å². The van der Waals surface area contributed by atoms with Crippen molar-refractivity contribution in [3.05, 3.63) is 81.4 Å². The quantitative estimate of drug-likeness (QED) is 0.405. The SMILES string of the molecule is C[N+]1(C)C2C=C[C@@H]1CC(OC(=O)C(O)(c1ccc(F)c(Cl)c1)c1ccc(F)c(Cl)c1)C2. The molecule has 2 unspecified atom stereocenters. The molecule has 4 nitrogen and oxygen atoms in total. The molecule has 1 N–H and O–H groups in total. The highest BCUT2D eigenvalue weighted by Gasteiger charge is 2.49. The number of carbonyl (C=O) groups is 1. The molecule has 2 aliphatic heterocycles. The molecule has 0 amide bonds. The van der Waals surface area contributed by atoms with E-state index in [2.05, 4.69) is 26.2 Å². The zero-order valence-electron chi connectivity index (χ0n) is 17.0. The predicted molar refractivity (Wildman–Crippen MR) is 114 cm³/mol. The van der Waals surface area contributed by atoms with Crippen LogP contribution in [0.2, 0.25) is 10.0 Å². The average molecular weight is 469 g/mol. The Balaban J connectivity index is 1.70. The number of hydrogen-bond donors (Lipinski definition) is 1. The molecular formula is C23H22Cl2F2NO3+. The van der Waals surface area contributed by atoms with Gasteiger partial charge in [-0.1, -0.05) is 35.3 Å². The van der Waals surface area contributed by atoms with Gasteiger partial charge in [-0.05, 0) is 36.4 Å². The fourth-order valence-electron chi connectivity index (χ4n) is 4.46. The third-order valence-corrected chi connectivity index (χ3v) is 7.10. The number of carbonyl (C=O) groups excluding carboxylic acids is 1. The van der Waals surface area contributed by atoms with Crippen molar-refractivity contribution in [3.8, 4) is 0 Å². The first-order chi connectivity index (χ1) is 14.5. The van der Waals surface area contributed by atoms with Gasteiger partial charge in [-0.15, -0.1) is 0 Å². The van der Waals surface area contributed by atoms with Crippen molar-refractivity contribution in [1.82, 2.24) is 0 Å². The Bertz CT molecular complexity index is 1000. The third kappa shape index (κ3) is 3.76. The van der Waals surface area contributed by atoms with E-state index in [0.29, 0.717) is 12.8 Å². The third-order valence-electron chi connectivity index (χ3n) is 6.52. The molecule has 0 aliphatic carbocycles. The van der Waals surface area contributed by atoms with Crippen molar-refractivity contribution in [3.63, 3.8) is 0 Å². The van der Waals surface area contributed by atoms with Crippen molar-refractivity contribution in [1.29, 1.82) is 0 Å². The van der Waals surface area contributed by atoms with Gasteiger partial charge < -0.3 is 14.3 Å². The molecule has 1 fully saturated rings. The van der Waals surface area contributed by atoms with Gasteiger partial charge >= 0.3 is 5.97 Å². The number of fused-ring (bicyclic) bond motifs is 2. The topological polar surface area (TPSA) is 46.5 Å². The van der Waals surface area contributed by atoms with Crippen molar-refractivity contribution in [2.45, 2.75) is 36.6 Å². The van der Waals surface area contributed by atoms with Gasteiger partial charge in [0.2, 0.25) is 5.60 Å². The molecule has 0 spiro atoms. The van der Waals surface area contributed by atoms with Gasteiger partial charge in [-0.25, -0.2) is 13.6 Å². The van der Waals surface area contributed by atoms with Crippen molar-refractivity contribution in [2.75, 3.05) is 14.1 Å². The first-order valence-electron chi connectivity index (χ1n) is 9.89. The molecule has 0 radical (unpaired) electrons. The Hall–Kier alpha value is -1.99. The lowest BCUT2D eigenvalue weighted by molar-refractivity contribution is -0.926. The van der Waals surface area contributed by atoms with Crippen LogP contribution in [-0.2, 0) is 15.1 Å². The zero-order valence-corrected chi connectivity index (χ0v) is 18.5. The fourth-order valence-corrected chi connectivity index (χ4v) is 4.82. The van der Waals surface area contributed by atoms with Gasteiger partial charge in [0.25, 0.3) is 0 Å². The monoisotopic (exact) mass is 468 g/mol. The number of rotatable bonds is 4. The number of benzene rings is 2. The number of nitrogens with zero attached hydrogens (tertiary/aromatic N) is 1. The molecule has 0 aromatic heterocycles. The van der Waals surface area contributed by atoms with E-state index in [-0.39, 0.29) is 33.3 Å². The van der Waals surface area contributed by atoms with Gasteiger partial charge in [0.1, 0.15) is 29.8 Å². The molecule has 164 valence electrons. The van der Waals surface area contributed by atoms with Gasteiger partial charge in [0, 0.05) is 24.0 Å². The van der Waals surface area contributed by atoms with Gasteiger partial charge in [0.15, 0.2) is 0 Å². The molecule has 4 rings (SSSR count). The average Bonchev–Trinajstić information content (AvgIpc) is 2.88. The Kier molecular flexibility index (Phi) is 5.63. The molecule has 1 saturated heterocycles. The highest BCUT2D eigenvalue weighted by molar-refractivity contribution is 6.31. The van der Waals surface area contributed by atoms with E-state index >= 15 is 0 Å². The Morgan fingerprint density at radius 2 is 1.45 bits per heavy atom. The number of ether oxygens (including phenoxy) is 1. The lowest BCUT2D eigenvalue weighted by Gasteiger charge is -2.44. The summed E-state index contributed by atoms with van der Waals surface area (Å²) in [6, 6.07) is 7.29. The maximum atomic E-state index is 13.7. The van der Waals surface area contributed by atoms with Crippen molar-refractivity contribution < 1.29 is 27.9 Å². The summed E-state index contributed by atoms with van der Waals surface area (Å²) in [6.45, 7) is 0. The summed E-state index contributed by atoms with van der Waals surface area (Å²) in [5, 5.41) is 11.0. The number of likely N-dealkylation sites (N-methyl/N-ethyl adjacent to an activating group) is 1. The molecule has 2 aromatic carbocycles. The summed E-state index contributed by atoms with van der Waals surface area (Å²) in [5.41, 5.74) is -2.35. The number of piperidine rings is 1. The molecule has 2 bridgehead atoms. The molecule has 2 aromatic rings. The summed E-state index contributed by atoms with van der Waals surface area (Å²) < 4.78 is 34.0. The lowest BCUT2D eigenvalue weighted by atomic mass is 9.86. The van der Waals surface area contributed by atoms with Crippen LogP contribution in [0.15, 0.2) is 48.6 Å². The van der Waals surface area contributed by atoms with E-state index in [1.54, 1.807) is 0 Å². The number of quaternary nitrogens is 1. The molecular weight excluding hydrogens is 447 g/mol. The Labute approximate surface area is 189 Å². The van der Waals surface area contributed by atoms with Gasteiger partial charge in [0.05, 0.1) is 24.1 Å². The van der Waals surface area contributed by atoms with E-state index in [1.165, 1.54) is 12.1 Å². The Morgan fingerprint density at radius 3 is 1.87 bits per heavy atom.